The van der Waals surface area contributed by atoms with Crippen molar-refractivity contribution in [2.45, 2.75) is 65.2 Å². The molecular weight excluding hydrogens is 331 g/mol. The zero-order chi connectivity index (χ0) is 19.1. The second kappa shape index (κ2) is 9.75. The van der Waals surface area contributed by atoms with E-state index < -0.39 is 0 Å². The Morgan fingerprint density at radius 2 is 1.59 bits per heavy atom. The first-order valence-electron chi connectivity index (χ1n) is 10.6. The summed E-state index contributed by atoms with van der Waals surface area (Å²) >= 11 is 0. The highest BCUT2D eigenvalue weighted by Crippen LogP contribution is 2.31. The lowest BCUT2D eigenvalue weighted by Gasteiger charge is -2.25. The summed E-state index contributed by atoms with van der Waals surface area (Å²) in [7, 11) is 0. The van der Waals surface area contributed by atoms with Crippen molar-refractivity contribution in [2.24, 2.45) is 11.8 Å². The largest absolute Gasteiger partial charge is 0.207 e. The summed E-state index contributed by atoms with van der Waals surface area (Å²) in [5.74, 6) is 8.21. The summed E-state index contributed by atoms with van der Waals surface area (Å²) in [6.07, 6.45) is 9.61. The Morgan fingerprint density at radius 3 is 2.22 bits per heavy atom. The average molecular weight is 363 g/mol. The van der Waals surface area contributed by atoms with Gasteiger partial charge in [0.2, 0.25) is 0 Å². The molecule has 1 heteroatoms. The average Bonchev–Trinajstić information content (AvgIpc) is 2.70. The van der Waals surface area contributed by atoms with Gasteiger partial charge in [0.15, 0.2) is 0 Å². The summed E-state index contributed by atoms with van der Waals surface area (Å²) in [5, 5.41) is 0. The molecule has 0 spiro atoms. The fraction of sp³-hybridized carbons (Fsp3) is 0.462. The van der Waals surface area contributed by atoms with Crippen LogP contribution in [-0.4, -0.2) is 0 Å². The van der Waals surface area contributed by atoms with E-state index in [4.69, 9.17) is 0 Å². The van der Waals surface area contributed by atoms with E-state index in [0.717, 1.165) is 41.0 Å². The summed E-state index contributed by atoms with van der Waals surface area (Å²) in [6, 6.07) is 13.8. The van der Waals surface area contributed by atoms with Crippen molar-refractivity contribution in [3.8, 4) is 23.0 Å². The van der Waals surface area contributed by atoms with E-state index >= 15 is 0 Å². The second-order valence-corrected chi connectivity index (χ2v) is 7.91. The van der Waals surface area contributed by atoms with Gasteiger partial charge in [-0.1, -0.05) is 69.2 Å². The molecule has 2 aromatic carbocycles. The first-order chi connectivity index (χ1) is 13.2. The monoisotopic (exact) mass is 362 g/mol. The molecule has 0 aliphatic heterocycles. The molecule has 0 bridgehead atoms. The molecule has 2 aromatic rings. The third-order valence-electron chi connectivity index (χ3n) is 5.75. The third kappa shape index (κ3) is 5.46. The molecule has 27 heavy (non-hydrogen) atoms. The minimum absolute atomic E-state index is 0.100. The molecule has 0 N–H and O–H groups in total. The lowest BCUT2D eigenvalue weighted by atomic mass is 9.80. The van der Waals surface area contributed by atoms with E-state index in [1.165, 1.54) is 38.5 Å². The van der Waals surface area contributed by atoms with E-state index in [0.29, 0.717) is 5.92 Å². The number of hydrogen-bond donors (Lipinski definition) is 0. The van der Waals surface area contributed by atoms with Crippen molar-refractivity contribution < 1.29 is 4.39 Å². The van der Waals surface area contributed by atoms with Crippen LogP contribution in [0.15, 0.2) is 42.5 Å². The van der Waals surface area contributed by atoms with Crippen LogP contribution in [0.2, 0.25) is 0 Å². The molecular formula is C26H31F. The molecule has 0 amide bonds. The highest BCUT2D eigenvalue weighted by molar-refractivity contribution is 5.65. The van der Waals surface area contributed by atoms with Gasteiger partial charge in [-0.25, -0.2) is 4.39 Å². The molecule has 0 atom stereocenters. The Kier molecular flexibility index (Phi) is 7.11. The Labute approximate surface area is 164 Å². The Morgan fingerprint density at radius 1 is 0.889 bits per heavy atom. The van der Waals surface area contributed by atoms with Gasteiger partial charge < -0.3 is 0 Å². The van der Waals surface area contributed by atoms with Crippen molar-refractivity contribution >= 4 is 0 Å². The number of benzene rings is 2. The second-order valence-electron chi connectivity index (χ2n) is 7.91. The Balaban J connectivity index is 1.62. The molecule has 0 heterocycles. The minimum atomic E-state index is -0.100. The van der Waals surface area contributed by atoms with Gasteiger partial charge in [-0.15, -0.1) is 0 Å². The summed E-state index contributed by atoms with van der Waals surface area (Å²) < 4.78 is 14.2. The third-order valence-corrected chi connectivity index (χ3v) is 5.75. The van der Waals surface area contributed by atoms with Gasteiger partial charge in [0.1, 0.15) is 5.82 Å². The van der Waals surface area contributed by atoms with E-state index in [1.54, 1.807) is 6.07 Å². The van der Waals surface area contributed by atoms with Gasteiger partial charge >= 0.3 is 0 Å². The van der Waals surface area contributed by atoms with E-state index in [-0.39, 0.29) is 5.82 Å². The molecule has 0 radical (unpaired) electrons. The molecule has 3 rings (SSSR count). The zero-order valence-electron chi connectivity index (χ0n) is 16.7. The Bertz CT molecular complexity index is 783. The molecule has 0 saturated heterocycles. The van der Waals surface area contributed by atoms with Crippen LogP contribution in [0.4, 0.5) is 4.39 Å². The van der Waals surface area contributed by atoms with Crippen LogP contribution in [-0.2, 0) is 6.42 Å². The highest BCUT2D eigenvalue weighted by Gasteiger charge is 2.18. The fourth-order valence-corrected chi connectivity index (χ4v) is 4.13. The molecule has 1 aliphatic carbocycles. The van der Waals surface area contributed by atoms with Gasteiger partial charge in [-0.05, 0) is 72.9 Å². The maximum Gasteiger partial charge on any atom is 0.127 e. The fourth-order valence-electron chi connectivity index (χ4n) is 4.13. The predicted octanol–water partition coefficient (Wildman–Crippen LogP) is 7.40. The highest BCUT2D eigenvalue weighted by atomic mass is 19.1. The van der Waals surface area contributed by atoms with Crippen LogP contribution in [0.25, 0.3) is 11.1 Å². The minimum Gasteiger partial charge on any atom is -0.207 e. The molecule has 0 aromatic heterocycles. The maximum atomic E-state index is 14.2. The van der Waals surface area contributed by atoms with Gasteiger partial charge in [-0.2, -0.15) is 0 Å². The van der Waals surface area contributed by atoms with Gasteiger partial charge in [0.25, 0.3) is 0 Å². The molecule has 142 valence electrons. The standard InChI is InChI=1S/C26H31F/c1-3-5-20-7-9-21(10-8-20)11-12-22-13-15-23(16-14-22)25-18-17-24(6-4-2)26(27)19-25/h13-21H,3-10H2,1-2H3/t20-,21-. The molecule has 1 saturated carbocycles. The molecule has 0 unspecified atom stereocenters. The van der Waals surface area contributed by atoms with Gasteiger partial charge in [0.05, 0.1) is 0 Å². The van der Waals surface area contributed by atoms with Crippen LogP contribution in [0.1, 0.15) is 69.9 Å². The topological polar surface area (TPSA) is 0 Å². The lowest BCUT2D eigenvalue weighted by molar-refractivity contribution is 0.300. The summed E-state index contributed by atoms with van der Waals surface area (Å²) in [6.45, 7) is 4.35. The van der Waals surface area contributed by atoms with E-state index in [2.05, 4.69) is 50.0 Å². The van der Waals surface area contributed by atoms with E-state index in [9.17, 15) is 4.39 Å². The molecule has 1 aliphatic rings. The van der Waals surface area contributed by atoms with Crippen molar-refractivity contribution in [3.05, 3.63) is 59.4 Å². The van der Waals surface area contributed by atoms with Gasteiger partial charge in [-0.3, -0.25) is 0 Å². The quantitative estimate of drug-likeness (QED) is 0.486. The van der Waals surface area contributed by atoms with Crippen molar-refractivity contribution in [1.29, 1.82) is 0 Å². The van der Waals surface area contributed by atoms with Crippen LogP contribution in [0.3, 0.4) is 0 Å². The predicted molar refractivity (Wildman–Crippen MR) is 113 cm³/mol. The lowest BCUT2D eigenvalue weighted by Crippen LogP contribution is -2.13. The first-order valence-corrected chi connectivity index (χ1v) is 10.6. The molecule has 1 fully saturated rings. The van der Waals surface area contributed by atoms with Crippen molar-refractivity contribution in [2.75, 3.05) is 0 Å². The normalized spacial score (nSPS) is 19.4. The first kappa shape index (κ1) is 19.7. The van der Waals surface area contributed by atoms with Crippen LogP contribution < -0.4 is 0 Å². The molecule has 0 nitrogen and oxygen atoms in total. The Hall–Kier alpha value is -2.07. The number of rotatable bonds is 5. The van der Waals surface area contributed by atoms with E-state index in [1.807, 2.05) is 12.1 Å². The number of hydrogen-bond acceptors (Lipinski definition) is 0. The summed E-state index contributed by atoms with van der Waals surface area (Å²) in [4.78, 5) is 0. The maximum absolute atomic E-state index is 14.2. The smallest absolute Gasteiger partial charge is 0.127 e. The number of halogens is 1. The van der Waals surface area contributed by atoms with Crippen LogP contribution in [0, 0.1) is 29.5 Å². The number of aryl methyl sites for hydroxylation is 1. The SMILES string of the molecule is CCCc1ccc(-c2ccc(C#C[C@H]3CC[C@H](CCC)CC3)cc2)cc1F. The van der Waals surface area contributed by atoms with Crippen LogP contribution in [0.5, 0.6) is 0 Å². The van der Waals surface area contributed by atoms with Crippen molar-refractivity contribution in [1.82, 2.24) is 0 Å². The van der Waals surface area contributed by atoms with Gasteiger partial charge in [0, 0.05) is 11.5 Å². The van der Waals surface area contributed by atoms with Crippen LogP contribution >= 0.6 is 0 Å². The zero-order valence-corrected chi connectivity index (χ0v) is 16.7. The van der Waals surface area contributed by atoms with Crippen molar-refractivity contribution in [3.63, 3.8) is 0 Å². The summed E-state index contributed by atoms with van der Waals surface area (Å²) in [5.41, 5.74) is 3.83.